The van der Waals surface area contributed by atoms with E-state index in [0.717, 1.165) is 0 Å². The summed E-state index contributed by atoms with van der Waals surface area (Å²) in [6.07, 6.45) is 0.964. The molecule has 0 unspecified atom stereocenters. The number of aromatic nitrogens is 2. The van der Waals surface area contributed by atoms with E-state index in [4.69, 9.17) is 8.85 Å². The highest BCUT2D eigenvalue weighted by Crippen LogP contribution is 2.28. The topological polar surface area (TPSA) is 44.1 Å². The smallest absolute Gasteiger partial charge is 0.309 e. The lowest BCUT2D eigenvalue weighted by Crippen LogP contribution is -2.18. The molecule has 0 saturated carbocycles. The summed E-state index contributed by atoms with van der Waals surface area (Å²) in [6.45, 7) is 1.67. The van der Waals surface area contributed by atoms with E-state index in [-0.39, 0.29) is 12.6 Å². The summed E-state index contributed by atoms with van der Waals surface area (Å²) in [5, 5.41) is 0. The maximum Gasteiger partial charge on any atom is 0.309 e. The molecule has 1 aliphatic rings. The van der Waals surface area contributed by atoms with Gasteiger partial charge in [-0.05, 0) is 19.8 Å². The van der Waals surface area contributed by atoms with Gasteiger partial charge in [0.1, 0.15) is 5.82 Å². The van der Waals surface area contributed by atoms with E-state index in [9.17, 15) is 4.79 Å². The van der Waals surface area contributed by atoms with E-state index in [1.165, 1.54) is 0 Å². The Morgan fingerprint density at radius 1 is 1.81 bits per heavy atom. The lowest BCUT2D eigenvalue weighted by atomic mass is 9.89. The molecule has 2 rings (SSSR count). The number of ether oxygens (including phenoxy) is 1. The molecule has 1 aromatic heterocycles. The maximum absolute atomic E-state index is 11.7. The second-order valence-corrected chi connectivity index (χ2v) is 4.14. The third kappa shape index (κ3) is 1.84. The third-order valence-corrected chi connectivity index (χ3v) is 3.19. The third-order valence-electron chi connectivity index (χ3n) is 3.19. The standard InChI is InChI=1S/C12H18N2O2/c1-4-11-9(7-16-12(11)15)5-10-6-13-8(2)14(10)3/h6,9,11H,4-5,7H2,1-3H3/t9-,11-/m0/s1/i6D,7D2. The molecule has 4 heteroatoms. The van der Waals surface area contributed by atoms with Crippen molar-refractivity contribution >= 4 is 5.97 Å². The molecule has 0 aromatic carbocycles. The number of carbonyl (C=O) groups excluding carboxylic acids is 1. The molecule has 1 aromatic rings. The van der Waals surface area contributed by atoms with Crippen molar-refractivity contribution in [1.82, 2.24) is 9.55 Å². The molecule has 1 aliphatic heterocycles. The molecule has 1 saturated heterocycles. The van der Waals surface area contributed by atoms with Gasteiger partial charge in [0.2, 0.25) is 0 Å². The average molecular weight is 225 g/mol. The number of nitrogens with zero attached hydrogens (tertiary/aromatic N) is 2. The fourth-order valence-electron chi connectivity index (χ4n) is 1.97. The number of carbonyl (C=O) groups is 1. The van der Waals surface area contributed by atoms with Crippen molar-refractivity contribution in [2.75, 3.05) is 6.56 Å². The minimum Gasteiger partial charge on any atom is -0.465 e. The number of cyclic esters (lactones) is 1. The minimum absolute atomic E-state index is 0.144. The van der Waals surface area contributed by atoms with Crippen LogP contribution in [0.25, 0.3) is 0 Å². The Bertz CT molecular complexity index is 513. The number of imidazole rings is 1. The minimum atomic E-state index is -1.97. The van der Waals surface area contributed by atoms with E-state index in [0.29, 0.717) is 17.9 Å². The Labute approximate surface area is 99.8 Å². The van der Waals surface area contributed by atoms with Gasteiger partial charge in [-0.15, -0.1) is 0 Å². The van der Waals surface area contributed by atoms with E-state index >= 15 is 0 Å². The van der Waals surface area contributed by atoms with Crippen LogP contribution in [-0.2, 0) is 23.0 Å². The molecule has 88 valence electrons. The monoisotopic (exact) mass is 225 g/mol. The molecule has 0 spiro atoms. The van der Waals surface area contributed by atoms with Gasteiger partial charge in [-0.1, -0.05) is 6.92 Å². The van der Waals surface area contributed by atoms with Crippen molar-refractivity contribution in [1.29, 1.82) is 0 Å². The normalized spacial score (nSPS) is 30.7. The summed E-state index contributed by atoms with van der Waals surface area (Å²) in [5.41, 5.74) is 0.642. The van der Waals surface area contributed by atoms with Crippen LogP contribution < -0.4 is 0 Å². The summed E-state index contributed by atoms with van der Waals surface area (Å²) in [6, 6.07) is 0. The number of esters is 1. The van der Waals surface area contributed by atoms with E-state index in [1.807, 2.05) is 6.92 Å². The largest absolute Gasteiger partial charge is 0.465 e. The first-order valence-corrected chi connectivity index (χ1v) is 5.49. The quantitative estimate of drug-likeness (QED) is 0.732. The first kappa shape index (κ1) is 7.87. The Morgan fingerprint density at radius 2 is 2.56 bits per heavy atom. The van der Waals surface area contributed by atoms with Gasteiger partial charge in [0.25, 0.3) is 0 Å². The van der Waals surface area contributed by atoms with Gasteiger partial charge < -0.3 is 9.30 Å². The van der Waals surface area contributed by atoms with Crippen LogP contribution >= 0.6 is 0 Å². The highest BCUT2D eigenvalue weighted by atomic mass is 16.5. The first-order chi connectivity index (χ1) is 8.77. The Kier molecular flexibility index (Phi) is 2.10. The van der Waals surface area contributed by atoms with Crippen LogP contribution in [0.4, 0.5) is 0 Å². The van der Waals surface area contributed by atoms with E-state index in [2.05, 4.69) is 4.98 Å². The van der Waals surface area contributed by atoms with E-state index in [1.54, 1.807) is 18.5 Å². The van der Waals surface area contributed by atoms with Crippen molar-refractivity contribution in [3.8, 4) is 0 Å². The molecule has 0 aliphatic carbocycles. The zero-order valence-electron chi connectivity index (χ0n) is 12.8. The molecule has 0 radical (unpaired) electrons. The first-order valence-electron chi connectivity index (χ1n) is 6.99. The Hall–Kier alpha value is -1.32. The summed E-state index contributed by atoms with van der Waals surface area (Å²) >= 11 is 0. The molecular weight excluding hydrogens is 204 g/mol. The van der Waals surface area contributed by atoms with Crippen molar-refractivity contribution in [2.24, 2.45) is 18.9 Å². The predicted octanol–water partition coefficient (Wildman–Crippen LogP) is 1.47. The molecule has 1 fully saturated rings. The Morgan fingerprint density at radius 3 is 3.12 bits per heavy atom. The van der Waals surface area contributed by atoms with Gasteiger partial charge in [0.05, 0.1) is 16.6 Å². The summed E-state index contributed by atoms with van der Waals surface area (Å²) in [4.78, 5) is 15.7. The summed E-state index contributed by atoms with van der Waals surface area (Å²) in [5.74, 6) is -0.796. The maximum atomic E-state index is 11.7. The van der Waals surface area contributed by atoms with Gasteiger partial charge >= 0.3 is 5.97 Å². The van der Waals surface area contributed by atoms with Gasteiger partial charge in [0.15, 0.2) is 0 Å². The second-order valence-electron chi connectivity index (χ2n) is 4.14. The number of aryl methyl sites for hydroxylation is 1. The van der Waals surface area contributed by atoms with Crippen LogP contribution in [0.3, 0.4) is 0 Å². The molecule has 2 atom stereocenters. The van der Waals surface area contributed by atoms with Crippen molar-refractivity contribution in [3.63, 3.8) is 0 Å². The summed E-state index contributed by atoms with van der Waals surface area (Å²) < 4.78 is 30.1. The highest BCUT2D eigenvalue weighted by Gasteiger charge is 2.35. The van der Waals surface area contributed by atoms with Crippen LogP contribution in [0, 0.1) is 18.8 Å². The van der Waals surface area contributed by atoms with Crippen LogP contribution in [0.5, 0.6) is 0 Å². The molecule has 0 amide bonds. The SMILES string of the molecule is [2H]c1nc(C)n(C)c1C[C@@H]1[C@H](CC)C(=O)OC1([2H])[2H]. The molecule has 0 bridgehead atoms. The summed E-state index contributed by atoms with van der Waals surface area (Å²) in [7, 11) is 1.80. The fourth-order valence-corrected chi connectivity index (χ4v) is 1.97. The fraction of sp³-hybridized carbons (Fsp3) is 0.667. The van der Waals surface area contributed by atoms with Gasteiger partial charge in [-0.25, -0.2) is 4.98 Å². The van der Waals surface area contributed by atoms with Crippen molar-refractivity contribution in [3.05, 3.63) is 17.7 Å². The van der Waals surface area contributed by atoms with Crippen LogP contribution in [0.2, 0.25) is 0 Å². The van der Waals surface area contributed by atoms with Gasteiger partial charge in [-0.2, -0.15) is 0 Å². The van der Waals surface area contributed by atoms with E-state index < -0.39 is 24.4 Å². The second kappa shape index (κ2) is 4.28. The Balaban J connectivity index is 2.33. The van der Waals surface area contributed by atoms with Gasteiger partial charge in [0, 0.05) is 24.8 Å². The van der Waals surface area contributed by atoms with Crippen molar-refractivity contribution < 1.29 is 13.6 Å². The molecular formula is C12H18N2O2. The predicted molar refractivity (Wildman–Crippen MR) is 59.9 cm³/mol. The molecule has 0 N–H and O–H groups in total. The van der Waals surface area contributed by atoms with Gasteiger partial charge in [-0.3, -0.25) is 4.79 Å². The molecule has 4 nitrogen and oxygen atoms in total. The number of hydrogen-bond acceptors (Lipinski definition) is 3. The molecule has 2 heterocycles. The van der Waals surface area contributed by atoms with Crippen molar-refractivity contribution in [2.45, 2.75) is 26.7 Å². The zero-order valence-corrected chi connectivity index (χ0v) is 9.78. The lowest BCUT2D eigenvalue weighted by molar-refractivity contribution is -0.141. The van der Waals surface area contributed by atoms with Crippen LogP contribution in [-0.4, -0.2) is 22.1 Å². The van der Waals surface area contributed by atoms with Crippen LogP contribution in [0.1, 0.15) is 29.0 Å². The molecule has 16 heavy (non-hydrogen) atoms. The number of rotatable bonds is 3. The van der Waals surface area contributed by atoms with Crippen LogP contribution in [0.15, 0.2) is 6.17 Å². The highest BCUT2D eigenvalue weighted by molar-refractivity contribution is 5.74. The zero-order chi connectivity index (χ0) is 14.4. The average Bonchev–Trinajstić information content (AvgIpc) is 2.66. The lowest BCUT2D eigenvalue weighted by Gasteiger charge is -2.13. The number of hydrogen-bond donors (Lipinski definition) is 0.